The lowest BCUT2D eigenvalue weighted by molar-refractivity contribution is 1.52. The molecule has 0 fully saturated rings. The van der Waals surface area contributed by atoms with E-state index in [0.29, 0.717) is 10.6 Å². The number of nitriles is 1. The van der Waals surface area contributed by atoms with Crippen molar-refractivity contribution in [3.63, 3.8) is 0 Å². The van der Waals surface area contributed by atoms with Crippen LogP contribution < -0.4 is 0 Å². The average Bonchev–Trinajstić information content (AvgIpc) is 2.73. The topological polar surface area (TPSA) is 23.8 Å². The van der Waals surface area contributed by atoms with Crippen molar-refractivity contribution >= 4 is 50.5 Å². The third-order valence-electron chi connectivity index (χ3n) is 2.17. The Balaban J connectivity index is 2.45. The van der Waals surface area contributed by atoms with Gasteiger partial charge < -0.3 is 0 Å². The number of hydrogen-bond donors (Lipinski definition) is 0. The minimum atomic E-state index is 0.574. The lowest BCUT2D eigenvalue weighted by Crippen LogP contribution is -1.82. The molecule has 0 aliphatic heterocycles. The molecule has 0 N–H and O–H groups in total. The Morgan fingerprint density at radius 1 is 1.29 bits per heavy atom. The molecule has 0 aliphatic rings. The quantitative estimate of drug-likeness (QED) is 0.694. The summed E-state index contributed by atoms with van der Waals surface area (Å²) in [5, 5.41) is 9.78. The van der Waals surface area contributed by atoms with Gasteiger partial charge in [0, 0.05) is 15.5 Å². The molecule has 84 valence electrons. The molecule has 2 rings (SSSR count). The van der Waals surface area contributed by atoms with Gasteiger partial charge in [0.25, 0.3) is 0 Å². The molecule has 1 aromatic heterocycles. The van der Waals surface area contributed by atoms with E-state index in [0.717, 1.165) is 14.2 Å². The third kappa shape index (κ3) is 2.98. The molecule has 0 spiro atoms. The van der Waals surface area contributed by atoms with Crippen LogP contribution in [0.4, 0.5) is 0 Å². The van der Waals surface area contributed by atoms with Crippen LogP contribution in [0, 0.1) is 11.3 Å². The minimum Gasteiger partial charge on any atom is -0.192 e. The molecule has 0 saturated heterocycles. The predicted molar refractivity (Wildman–Crippen MR) is 77.0 cm³/mol. The maximum absolute atomic E-state index is 9.19. The van der Waals surface area contributed by atoms with Gasteiger partial charge in [-0.25, -0.2) is 0 Å². The van der Waals surface area contributed by atoms with Gasteiger partial charge in [-0.15, -0.1) is 11.3 Å². The van der Waals surface area contributed by atoms with Gasteiger partial charge in [0.05, 0.1) is 15.4 Å². The lowest BCUT2D eigenvalue weighted by Gasteiger charge is -2.00. The zero-order valence-electron chi connectivity index (χ0n) is 8.65. The highest BCUT2D eigenvalue weighted by Crippen LogP contribution is 2.29. The van der Waals surface area contributed by atoms with Crippen LogP contribution in [0.1, 0.15) is 10.4 Å². The zero-order valence-corrected chi connectivity index (χ0v) is 11.8. The second-order valence-electron chi connectivity index (χ2n) is 3.29. The molecular weight excluding hydrogens is 318 g/mol. The van der Waals surface area contributed by atoms with Crippen LogP contribution in [0.15, 0.2) is 40.2 Å². The molecule has 0 aliphatic carbocycles. The first-order valence-corrected chi connectivity index (χ1v) is 6.81. The van der Waals surface area contributed by atoms with Crippen molar-refractivity contribution in [3.8, 4) is 6.07 Å². The van der Waals surface area contributed by atoms with Crippen LogP contribution >= 0.6 is 38.9 Å². The largest absolute Gasteiger partial charge is 0.192 e. The number of hydrogen-bond acceptors (Lipinski definition) is 2. The number of allylic oxidation sites excluding steroid dienone is 1. The van der Waals surface area contributed by atoms with Crippen molar-refractivity contribution in [2.45, 2.75) is 0 Å². The first kappa shape index (κ1) is 12.4. The van der Waals surface area contributed by atoms with E-state index in [1.165, 1.54) is 0 Å². The van der Waals surface area contributed by atoms with Crippen LogP contribution in [-0.2, 0) is 0 Å². The van der Waals surface area contributed by atoms with Gasteiger partial charge in [0.15, 0.2) is 0 Å². The Morgan fingerprint density at radius 3 is 2.65 bits per heavy atom. The van der Waals surface area contributed by atoms with Crippen LogP contribution in [0.25, 0.3) is 11.6 Å². The van der Waals surface area contributed by atoms with E-state index >= 15 is 0 Å². The van der Waals surface area contributed by atoms with Crippen LogP contribution in [0.2, 0.25) is 5.02 Å². The highest BCUT2D eigenvalue weighted by Gasteiger charge is 2.06. The molecule has 4 heteroatoms. The molecule has 1 aromatic carbocycles. The standard InChI is InChI=1S/C13H7BrClNS/c14-13-6-5-10(17-13)7-9(8-16)11-3-1-2-4-12(11)15/h1-7H. The van der Waals surface area contributed by atoms with Gasteiger partial charge in [0.2, 0.25) is 0 Å². The number of thiophene rings is 1. The van der Waals surface area contributed by atoms with Gasteiger partial charge in [0.1, 0.15) is 0 Å². The number of benzene rings is 1. The SMILES string of the molecule is N#CC(=Cc1ccc(Br)s1)c1ccccc1Cl. The summed E-state index contributed by atoms with van der Waals surface area (Å²) in [4.78, 5) is 1.02. The fourth-order valence-electron chi connectivity index (χ4n) is 1.40. The lowest BCUT2D eigenvalue weighted by atomic mass is 10.1. The maximum Gasteiger partial charge on any atom is 0.0999 e. The summed E-state index contributed by atoms with van der Waals surface area (Å²) in [7, 11) is 0. The molecule has 2 aromatic rings. The van der Waals surface area contributed by atoms with E-state index < -0.39 is 0 Å². The smallest absolute Gasteiger partial charge is 0.0999 e. The van der Waals surface area contributed by atoms with Gasteiger partial charge >= 0.3 is 0 Å². The van der Waals surface area contributed by atoms with Crippen LogP contribution in [0.5, 0.6) is 0 Å². The second kappa shape index (κ2) is 5.50. The summed E-state index contributed by atoms with van der Waals surface area (Å²) in [5.41, 5.74) is 1.34. The first-order chi connectivity index (χ1) is 8.20. The molecule has 1 nitrogen and oxygen atoms in total. The maximum atomic E-state index is 9.19. The zero-order chi connectivity index (χ0) is 12.3. The molecular formula is C13H7BrClNS. The molecule has 0 bridgehead atoms. The number of halogens is 2. The summed E-state index contributed by atoms with van der Waals surface area (Å²) in [6.07, 6.45) is 1.84. The van der Waals surface area contributed by atoms with Crippen molar-refractivity contribution in [2.24, 2.45) is 0 Å². The highest BCUT2D eigenvalue weighted by molar-refractivity contribution is 9.11. The Labute approximate surface area is 117 Å². The van der Waals surface area contributed by atoms with Crippen molar-refractivity contribution in [3.05, 3.63) is 55.6 Å². The van der Waals surface area contributed by atoms with Crippen molar-refractivity contribution in [1.82, 2.24) is 0 Å². The van der Waals surface area contributed by atoms with Crippen LogP contribution in [0.3, 0.4) is 0 Å². The molecule has 17 heavy (non-hydrogen) atoms. The summed E-state index contributed by atoms with van der Waals surface area (Å²) in [5.74, 6) is 0. The van der Waals surface area contributed by atoms with Crippen LogP contribution in [-0.4, -0.2) is 0 Å². The van der Waals surface area contributed by atoms with Gasteiger partial charge in [-0.2, -0.15) is 5.26 Å². The van der Waals surface area contributed by atoms with E-state index in [2.05, 4.69) is 22.0 Å². The fourth-order valence-corrected chi connectivity index (χ4v) is 3.00. The summed E-state index contributed by atoms with van der Waals surface area (Å²) in [6, 6.07) is 13.5. The summed E-state index contributed by atoms with van der Waals surface area (Å²) >= 11 is 11.0. The van der Waals surface area contributed by atoms with Crippen molar-refractivity contribution in [2.75, 3.05) is 0 Å². The van der Waals surface area contributed by atoms with E-state index in [4.69, 9.17) is 11.6 Å². The minimum absolute atomic E-state index is 0.574. The molecule has 0 saturated carbocycles. The van der Waals surface area contributed by atoms with Crippen molar-refractivity contribution in [1.29, 1.82) is 5.26 Å². The summed E-state index contributed by atoms with van der Waals surface area (Å²) in [6.45, 7) is 0. The van der Waals surface area contributed by atoms with Crippen molar-refractivity contribution < 1.29 is 0 Å². The van der Waals surface area contributed by atoms with Gasteiger partial charge in [-0.3, -0.25) is 0 Å². The average molecular weight is 325 g/mol. The van der Waals surface area contributed by atoms with E-state index in [1.54, 1.807) is 17.4 Å². The molecule has 0 atom stereocenters. The van der Waals surface area contributed by atoms with Gasteiger partial charge in [-0.1, -0.05) is 29.8 Å². The Morgan fingerprint density at radius 2 is 2.06 bits per heavy atom. The molecule has 0 unspecified atom stereocenters. The summed E-state index contributed by atoms with van der Waals surface area (Å²) < 4.78 is 1.04. The fraction of sp³-hybridized carbons (Fsp3) is 0. The van der Waals surface area contributed by atoms with Gasteiger partial charge in [-0.05, 0) is 40.2 Å². The Kier molecular flexibility index (Phi) is 4.01. The van der Waals surface area contributed by atoms with E-state index in [9.17, 15) is 5.26 Å². The first-order valence-electron chi connectivity index (χ1n) is 4.83. The normalized spacial score (nSPS) is 11.2. The number of rotatable bonds is 2. The monoisotopic (exact) mass is 323 g/mol. The van der Waals surface area contributed by atoms with E-state index in [-0.39, 0.29) is 0 Å². The number of nitrogens with zero attached hydrogens (tertiary/aromatic N) is 1. The predicted octanol–water partition coefficient (Wildman–Crippen LogP) is 5.23. The third-order valence-corrected chi connectivity index (χ3v) is 4.07. The van der Waals surface area contributed by atoms with E-state index in [1.807, 2.05) is 36.4 Å². The molecule has 0 amide bonds. The molecule has 0 radical (unpaired) electrons. The molecule has 1 heterocycles. The Bertz CT molecular complexity index is 610. The highest BCUT2D eigenvalue weighted by atomic mass is 79.9. The second-order valence-corrected chi connectivity index (χ2v) is 6.19. The Hall–Kier alpha value is -1.08.